The zero-order valence-corrected chi connectivity index (χ0v) is 13.9. The summed E-state index contributed by atoms with van der Waals surface area (Å²) >= 11 is 0. The molecule has 124 valence electrons. The zero-order valence-electron chi connectivity index (χ0n) is 13.1. The van der Waals surface area contributed by atoms with Crippen molar-refractivity contribution in [1.82, 2.24) is 14.2 Å². The van der Waals surface area contributed by atoms with Crippen LogP contribution in [0.2, 0.25) is 0 Å². The lowest BCUT2D eigenvalue weighted by Gasteiger charge is -2.29. The quantitative estimate of drug-likeness (QED) is 0.910. The summed E-state index contributed by atoms with van der Waals surface area (Å²) in [6.07, 6.45) is 1.81. The summed E-state index contributed by atoms with van der Waals surface area (Å²) in [6, 6.07) is 11.4. The fraction of sp³-hybridized carbons (Fsp3) is 0.438. The van der Waals surface area contributed by atoms with Crippen LogP contribution in [0.4, 0.5) is 0 Å². The van der Waals surface area contributed by atoms with E-state index >= 15 is 0 Å². The van der Waals surface area contributed by atoms with Gasteiger partial charge in [0, 0.05) is 24.7 Å². The second-order valence-corrected chi connectivity index (χ2v) is 7.71. The van der Waals surface area contributed by atoms with Crippen molar-refractivity contribution >= 4 is 10.2 Å². The first-order valence-corrected chi connectivity index (χ1v) is 9.24. The average molecular weight is 335 g/mol. The number of piperidine rings is 1. The van der Waals surface area contributed by atoms with E-state index in [9.17, 15) is 8.42 Å². The van der Waals surface area contributed by atoms with E-state index in [-0.39, 0.29) is 6.54 Å². The van der Waals surface area contributed by atoms with Crippen molar-refractivity contribution in [3.63, 3.8) is 0 Å². The molecule has 1 aliphatic rings. The van der Waals surface area contributed by atoms with E-state index in [2.05, 4.69) is 16.8 Å². The van der Waals surface area contributed by atoms with Gasteiger partial charge in [0.1, 0.15) is 0 Å². The molecule has 7 heteroatoms. The van der Waals surface area contributed by atoms with Crippen molar-refractivity contribution in [2.45, 2.75) is 26.3 Å². The first-order chi connectivity index (χ1) is 11.0. The van der Waals surface area contributed by atoms with Gasteiger partial charge in [-0.05, 0) is 18.8 Å². The highest BCUT2D eigenvalue weighted by atomic mass is 32.2. The third-order valence-electron chi connectivity index (χ3n) is 4.14. The first-order valence-electron chi connectivity index (χ1n) is 7.80. The third-order valence-corrected chi connectivity index (χ3v) is 5.69. The number of hydrogen-bond donors (Lipinski definition) is 1. The van der Waals surface area contributed by atoms with Crippen LogP contribution >= 0.6 is 0 Å². The van der Waals surface area contributed by atoms with Gasteiger partial charge >= 0.3 is 0 Å². The highest BCUT2D eigenvalue weighted by molar-refractivity contribution is 7.87. The highest BCUT2D eigenvalue weighted by Gasteiger charge is 2.26. The van der Waals surface area contributed by atoms with E-state index in [0.717, 1.165) is 18.4 Å². The molecule has 1 aromatic heterocycles. The van der Waals surface area contributed by atoms with Gasteiger partial charge in [0.15, 0.2) is 5.76 Å². The molecule has 1 saturated heterocycles. The van der Waals surface area contributed by atoms with E-state index in [1.165, 1.54) is 4.31 Å². The summed E-state index contributed by atoms with van der Waals surface area (Å²) in [4.78, 5) is 0. The zero-order chi connectivity index (χ0) is 16.3. The van der Waals surface area contributed by atoms with Crippen molar-refractivity contribution in [2.24, 2.45) is 5.92 Å². The fourth-order valence-electron chi connectivity index (χ4n) is 2.62. The van der Waals surface area contributed by atoms with Gasteiger partial charge in [0.05, 0.1) is 12.2 Å². The summed E-state index contributed by atoms with van der Waals surface area (Å²) < 4.78 is 34.0. The molecule has 1 aromatic carbocycles. The number of nitrogens with one attached hydrogen (secondary N) is 1. The minimum absolute atomic E-state index is 0.130. The second kappa shape index (κ2) is 6.82. The maximum atomic E-state index is 12.3. The van der Waals surface area contributed by atoms with Crippen LogP contribution in [0.15, 0.2) is 40.9 Å². The number of rotatable bonds is 5. The molecule has 2 heterocycles. The monoisotopic (exact) mass is 335 g/mol. The minimum Gasteiger partial charge on any atom is -0.356 e. The highest BCUT2D eigenvalue weighted by Crippen LogP contribution is 2.20. The molecule has 1 fully saturated rings. The Morgan fingerprint density at radius 2 is 1.96 bits per heavy atom. The van der Waals surface area contributed by atoms with Gasteiger partial charge in [-0.15, -0.1) is 0 Å². The SMILES string of the molecule is CC1CCN(S(=O)(=O)NCc2cc(-c3ccccc3)on2)CC1. The lowest BCUT2D eigenvalue weighted by molar-refractivity contribution is 0.285. The molecule has 0 spiro atoms. The van der Waals surface area contributed by atoms with Crippen LogP contribution in [0, 0.1) is 5.92 Å². The molecule has 0 unspecified atom stereocenters. The Kier molecular flexibility index (Phi) is 4.79. The summed E-state index contributed by atoms with van der Waals surface area (Å²) in [7, 11) is -3.46. The molecular formula is C16H21N3O3S. The van der Waals surface area contributed by atoms with Crippen molar-refractivity contribution in [3.8, 4) is 11.3 Å². The molecule has 0 bridgehead atoms. The largest absolute Gasteiger partial charge is 0.356 e. The normalized spacial score (nSPS) is 17.4. The lowest BCUT2D eigenvalue weighted by atomic mass is 10.0. The smallest absolute Gasteiger partial charge is 0.279 e. The maximum absolute atomic E-state index is 12.3. The third kappa shape index (κ3) is 3.99. The standard InChI is InChI=1S/C16H21N3O3S/c1-13-7-9-19(10-8-13)23(20,21)17-12-15-11-16(22-18-15)14-5-3-2-4-6-14/h2-6,11,13,17H,7-10,12H2,1H3. The first kappa shape index (κ1) is 16.2. The van der Waals surface area contributed by atoms with Gasteiger partial charge in [-0.2, -0.15) is 17.4 Å². The molecule has 2 aromatic rings. The Bertz CT molecular complexity index is 735. The van der Waals surface area contributed by atoms with Gasteiger partial charge in [-0.25, -0.2) is 0 Å². The van der Waals surface area contributed by atoms with Crippen LogP contribution in [0.25, 0.3) is 11.3 Å². The Labute approximate surface area is 136 Å². The van der Waals surface area contributed by atoms with Crippen molar-refractivity contribution in [2.75, 3.05) is 13.1 Å². The average Bonchev–Trinajstić information content (AvgIpc) is 3.03. The number of nitrogens with zero attached hydrogens (tertiary/aromatic N) is 2. The summed E-state index contributed by atoms with van der Waals surface area (Å²) in [5.74, 6) is 1.22. The van der Waals surface area contributed by atoms with Crippen LogP contribution in [0.1, 0.15) is 25.5 Å². The molecule has 23 heavy (non-hydrogen) atoms. The van der Waals surface area contributed by atoms with Crippen LogP contribution in [-0.2, 0) is 16.8 Å². The lowest BCUT2D eigenvalue weighted by Crippen LogP contribution is -2.44. The molecule has 3 rings (SSSR count). The Morgan fingerprint density at radius 1 is 1.26 bits per heavy atom. The Balaban J connectivity index is 1.61. The molecule has 1 aliphatic heterocycles. The van der Waals surface area contributed by atoms with Gasteiger partial charge in [-0.1, -0.05) is 42.4 Å². The summed E-state index contributed by atoms with van der Waals surface area (Å²) in [5.41, 5.74) is 1.48. The Morgan fingerprint density at radius 3 is 2.65 bits per heavy atom. The van der Waals surface area contributed by atoms with Crippen molar-refractivity contribution in [1.29, 1.82) is 0 Å². The van der Waals surface area contributed by atoms with E-state index in [4.69, 9.17) is 4.52 Å². The van der Waals surface area contributed by atoms with E-state index in [1.807, 2.05) is 30.3 Å². The predicted octanol–water partition coefficient (Wildman–Crippen LogP) is 2.41. The Hall–Kier alpha value is -1.70. The molecule has 0 radical (unpaired) electrons. The van der Waals surface area contributed by atoms with Gasteiger partial charge in [-0.3, -0.25) is 0 Å². The topological polar surface area (TPSA) is 75.4 Å². The van der Waals surface area contributed by atoms with E-state index in [1.54, 1.807) is 6.07 Å². The molecule has 0 aliphatic carbocycles. The molecule has 0 atom stereocenters. The van der Waals surface area contributed by atoms with Crippen LogP contribution in [0.5, 0.6) is 0 Å². The summed E-state index contributed by atoms with van der Waals surface area (Å²) in [5, 5.41) is 3.93. The molecule has 6 nitrogen and oxygen atoms in total. The minimum atomic E-state index is -3.46. The molecule has 0 amide bonds. The van der Waals surface area contributed by atoms with Crippen molar-refractivity contribution < 1.29 is 12.9 Å². The van der Waals surface area contributed by atoms with Crippen molar-refractivity contribution in [3.05, 3.63) is 42.1 Å². The van der Waals surface area contributed by atoms with Gasteiger partial charge in [0.25, 0.3) is 10.2 Å². The van der Waals surface area contributed by atoms with Crippen LogP contribution in [-0.4, -0.2) is 31.0 Å². The van der Waals surface area contributed by atoms with Crippen LogP contribution < -0.4 is 4.72 Å². The van der Waals surface area contributed by atoms with Gasteiger partial charge in [0.2, 0.25) is 0 Å². The number of benzene rings is 1. The van der Waals surface area contributed by atoms with E-state index < -0.39 is 10.2 Å². The second-order valence-electron chi connectivity index (χ2n) is 5.96. The number of aromatic nitrogens is 1. The fourth-order valence-corrected chi connectivity index (χ4v) is 3.82. The molecule has 0 saturated carbocycles. The molecule has 1 N–H and O–H groups in total. The predicted molar refractivity (Wildman–Crippen MR) is 87.7 cm³/mol. The van der Waals surface area contributed by atoms with E-state index in [0.29, 0.717) is 30.5 Å². The number of hydrogen-bond acceptors (Lipinski definition) is 4. The molecular weight excluding hydrogens is 314 g/mol. The summed E-state index contributed by atoms with van der Waals surface area (Å²) in [6.45, 7) is 3.43. The maximum Gasteiger partial charge on any atom is 0.279 e. The van der Waals surface area contributed by atoms with Crippen LogP contribution in [0.3, 0.4) is 0 Å². The van der Waals surface area contributed by atoms with Gasteiger partial charge < -0.3 is 4.52 Å².